The van der Waals surface area contributed by atoms with E-state index >= 15 is 0 Å². The topological polar surface area (TPSA) is 58.6 Å². The van der Waals surface area contributed by atoms with Crippen molar-refractivity contribution in [2.24, 2.45) is 0 Å². The fourth-order valence-electron chi connectivity index (χ4n) is 2.94. The smallest absolute Gasteiger partial charge is 0.227 e. The van der Waals surface area contributed by atoms with Gasteiger partial charge in [-0.15, -0.1) is 0 Å². The van der Waals surface area contributed by atoms with E-state index < -0.39 is 0 Å². The standard InChI is InChI=1S/C19H24N4O2/c1-14-9-16(22(2)3)11-17(21-14)18-13-23(7-8-25-18)19(24)10-15-5-4-6-20-12-15/h4-6,9,11-12,18H,7-8,10,13H2,1-3H3. The first kappa shape index (κ1) is 17.4. The predicted molar refractivity (Wildman–Crippen MR) is 96.5 cm³/mol. The number of carbonyl (C=O) groups is 1. The SMILES string of the molecule is Cc1cc(N(C)C)cc(C2CN(C(=O)Cc3cccnc3)CCO2)n1. The van der Waals surface area contributed by atoms with E-state index in [9.17, 15) is 4.79 Å². The molecule has 25 heavy (non-hydrogen) atoms. The summed E-state index contributed by atoms with van der Waals surface area (Å²) >= 11 is 0. The molecule has 0 saturated carbocycles. The van der Waals surface area contributed by atoms with Crippen LogP contribution in [0, 0.1) is 6.92 Å². The first-order valence-corrected chi connectivity index (χ1v) is 8.47. The Labute approximate surface area is 148 Å². The highest BCUT2D eigenvalue weighted by Gasteiger charge is 2.26. The lowest BCUT2D eigenvalue weighted by Gasteiger charge is -2.33. The molecule has 0 spiro atoms. The van der Waals surface area contributed by atoms with Gasteiger partial charge < -0.3 is 14.5 Å². The highest BCUT2D eigenvalue weighted by Crippen LogP contribution is 2.25. The lowest BCUT2D eigenvalue weighted by atomic mass is 10.1. The lowest BCUT2D eigenvalue weighted by molar-refractivity contribution is -0.138. The number of pyridine rings is 2. The third-order valence-electron chi connectivity index (χ3n) is 4.30. The van der Waals surface area contributed by atoms with Crippen molar-refractivity contribution in [3.63, 3.8) is 0 Å². The lowest BCUT2D eigenvalue weighted by Crippen LogP contribution is -2.43. The molecule has 0 radical (unpaired) electrons. The van der Waals surface area contributed by atoms with E-state index in [-0.39, 0.29) is 12.0 Å². The number of anilines is 1. The average Bonchev–Trinajstić information content (AvgIpc) is 2.62. The molecule has 1 saturated heterocycles. The molecule has 3 heterocycles. The van der Waals surface area contributed by atoms with Gasteiger partial charge in [-0.25, -0.2) is 0 Å². The summed E-state index contributed by atoms with van der Waals surface area (Å²) in [4.78, 5) is 25.2. The maximum atomic E-state index is 12.6. The molecule has 132 valence electrons. The minimum atomic E-state index is -0.190. The maximum Gasteiger partial charge on any atom is 0.227 e. The molecule has 3 rings (SSSR count). The zero-order valence-electron chi connectivity index (χ0n) is 15.0. The molecule has 1 atom stereocenters. The van der Waals surface area contributed by atoms with Gasteiger partial charge in [0, 0.05) is 44.4 Å². The Morgan fingerprint density at radius 2 is 2.24 bits per heavy atom. The third kappa shape index (κ3) is 4.33. The molecular weight excluding hydrogens is 316 g/mol. The predicted octanol–water partition coefficient (Wildman–Crippen LogP) is 1.99. The summed E-state index contributed by atoms with van der Waals surface area (Å²) in [5.74, 6) is 0.0989. The normalized spacial score (nSPS) is 17.4. The van der Waals surface area contributed by atoms with Crippen molar-refractivity contribution >= 4 is 11.6 Å². The van der Waals surface area contributed by atoms with Gasteiger partial charge in [-0.05, 0) is 30.7 Å². The minimum absolute atomic E-state index is 0.0989. The van der Waals surface area contributed by atoms with Crippen LogP contribution in [0.25, 0.3) is 0 Å². The van der Waals surface area contributed by atoms with Gasteiger partial charge in [0.15, 0.2) is 0 Å². The van der Waals surface area contributed by atoms with E-state index in [1.807, 2.05) is 55.1 Å². The minimum Gasteiger partial charge on any atom is -0.378 e. The Kier molecular flexibility index (Phi) is 5.28. The van der Waals surface area contributed by atoms with Gasteiger partial charge in [0.2, 0.25) is 5.91 Å². The number of nitrogens with zero attached hydrogens (tertiary/aromatic N) is 4. The molecule has 6 heteroatoms. The number of ether oxygens (including phenoxy) is 1. The number of hydrogen-bond donors (Lipinski definition) is 0. The summed E-state index contributed by atoms with van der Waals surface area (Å²) in [6, 6.07) is 7.85. The Hall–Kier alpha value is -2.47. The van der Waals surface area contributed by atoms with Gasteiger partial charge in [-0.2, -0.15) is 0 Å². The van der Waals surface area contributed by atoms with Gasteiger partial charge in [0.25, 0.3) is 0 Å². The van der Waals surface area contributed by atoms with E-state index in [0.717, 1.165) is 22.6 Å². The number of aryl methyl sites for hydroxylation is 1. The molecular formula is C19H24N4O2. The van der Waals surface area contributed by atoms with Crippen molar-refractivity contribution in [3.05, 3.63) is 53.6 Å². The zero-order valence-corrected chi connectivity index (χ0v) is 15.0. The second-order valence-electron chi connectivity index (χ2n) is 6.52. The third-order valence-corrected chi connectivity index (χ3v) is 4.30. The van der Waals surface area contributed by atoms with Crippen molar-refractivity contribution in [1.82, 2.24) is 14.9 Å². The highest BCUT2D eigenvalue weighted by molar-refractivity contribution is 5.78. The van der Waals surface area contributed by atoms with E-state index in [1.54, 1.807) is 12.4 Å². The van der Waals surface area contributed by atoms with Crippen LogP contribution in [-0.2, 0) is 16.0 Å². The van der Waals surface area contributed by atoms with Crippen molar-refractivity contribution < 1.29 is 9.53 Å². The van der Waals surface area contributed by atoms with E-state index in [1.165, 1.54) is 0 Å². The van der Waals surface area contributed by atoms with Gasteiger partial charge >= 0.3 is 0 Å². The highest BCUT2D eigenvalue weighted by atomic mass is 16.5. The second kappa shape index (κ2) is 7.61. The van der Waals surface area contributed by atoms with Crippen LogP contribution >= 0.6 is 0 Å². The van der Waals surface area contributed by atoms with Crippen LogP contribution in [0.1, 0.15) is 23.1 Å². The molecule has 0 aliphatic carbocycles. The maximum absolute atomic E-state index is 12.6. The summed E-state index contributed by atoms with van der Waals surface area (Å²) in [5, 5.41) is 0. The summed E-state index contributed by atoms with van der Waals surface area (Å²) < 4.78 is 5.90. The van der Waals surface area contributed by atoms with E-state index in [4.69, 9.17) is 4.74 Å². The molecule has 0 aromatic carbocycles. The Morgan fingerprint density at radius 3 is 2.96 bits per heavy atom. The molecule has 1 amide bonds. The fourth-order valence-corrected chi connectivity index (χ4v) is 2.94. The van der Waals surface area contributed by atoms with Crippen LogP contribution in [0.3, 0.4) is 0 Å². The molecule has 1 fully saturated rings. The molecule has 1 aliphatic rings. The number of morpholine rings is 1. The molecule has 6 nitrogen and oxygen atoms in total. The Bertz CT molecular complexity index is 733. The van der Waals surface area contributed by atoms with Crippen LogP contribution in [0.4, 0.5) is 5.69 Å². The summed E-state index contributed by atoms with van der Waals surface area (Å²) in [6.07, 6.45) is 3.63. The van der Waals surface area contributed by atoms with Gasteiger partial charge in [-0.1, -0.05) is 6.07 Å². The molecule has 2 aromatic rings. The molecule has 1 unspecified atom stereocenters. The molecule has 1 aliphatic heterocycles. The number of rotatable bonds is 4. The van der Waals surface area contributed by atoms with Crippen LogP contribution in [-0.4, -0.2) is 54.6 Å². The van der Waals surface area contributed by atoms with Crippen LogP contribution < -0.4 is 4.90 Å². The van der Waals surface area contributed by atoms with Crippen LogP contribution in [0.15, 0.2) is 36.7 Å². The fraction of sp³-hybridized carbons (Fsp3) is 0.421. The first-order valence-electron chi connectivity index (χ1n) is 8.47. The van der Waals surface area contributed by atoms with Crippen molar-refractivity contribution in [1.29, 1.82) is 0 Å². The molecule has 2 aromatic heterocycles. The number of amides is 1. The van der Waals surface area contributed by atoms with Crippen molar-refractivity contribution in [2.45, 2.75) is 19.4 Å². The monoisotopic (exact) mass is 340 g/mol. The van der Waals surface area contributed by atoms with Gasteiger partial charge in [-0.3, -0.25) is 14.8 Å². The molecule has 0 N–H and O–H groups in total. The van der Waals surface area contributed by atoms with Gasteiger partial charge in [0.1, 0.15) is 6.10 Å². The Balaban J connectivity index is 1.72. The zero-order chi connectivity index (χ0) is 17.8. The van der Waals surface area contributed by atoms with Crippen LogP contribution in [0.5, 0.6) is 0 Å². The van der Waals surface area contributed by atoms with Crippen LogP contribution in [0.2, 0.25) is 0 Å². The second-order valence-corrected chi connectivity index (χ2v) is 6.52. The Morgan fingerprint density at radius 1 is 1.40 bits per heavy atom. The molecule has 0 bridgehead atoms. The number of hydrogen-bond acceptors (Lipinski definition) is 5. The van der Waals surface area contributed by atoms with Crippen molar-refractivity contribution in [3.8, 4) is 0 Å². The summed E-state index contributed by atoms with van der Waals surface area (Å²) in [5.41, 5.74) is 3.84. The van der Waals surface area contributed by atoms with E-state index in [0.29, 0.717) is 26.1 Å². The summed E-state index contributed by atoms with van der Waals surface area (Å²) in [6.45, 7) is 3.64. The van der Waals surface area contributed by atoms with Crippen molar-refractivity contribution in [2.75, 3.05) is 38.7 Å². The first-order chi connectivity index (χ1) is 12.0. The number of aromatic nitrogens is 2. The largest absolute Gasteiger partial charge is 0.378 e. The quantitative estimate of drug-likeness (QED) is 0.852. The van der Waals surface area contributed by atoms with E-state index in [2.05, 4.69) is 9.97 Å². The average molecular weight is 340 g/mol. The number of carbonyl (C=O) groups excluding carboxylic acids is 1. The van der Waals surface area contributed by atoms with Gasteiger partial charge in [0.05, 0.1) is 25.3 Å². The summed E-state index contributed by atoms with van der Waals surface area (Å²) in [7, 11) is 4.01.